The second-order valence-corrected chi connectivity index (χ2v) is 9.98. The first-order valence-electron chi connectivity index (χ1n) is 11.1. The number of benzene rings is 2. The van der Waals surface area contributed by atoms with E-state index in [1.807, 2.05) is 25.2 Å². The summed E-state index contributed by atoms with van der Waals surface area (Å²) < 4.78 is 33.8. The van der Waals surface area contributed by atoms with E-state index in [0.717, 1.165) is 45.2 Å². The number of nitrogens with one attached hydrogen (secondary N) is 2. The number of hydrogen-bond acceptors (Lipinski definition) is 5. The van der Waals surface area contributed by atoms with Gasteiger partial charge in [-0.1, -0.05) is 43.2 Å². The molecule has 0 atom stereocenters. The molecule has 1 amide bonds. The molecule has 8 heteroatoms. The Hall–Kier alpha value is -2.42. The number of carbonyl (C=O) groups excluding carboxylic acids is 1. The van der Waals surface area contributed by atoms with Crippen LogP contribution in [0.25, 0.3) is 0 Å². The molecule has 7 nitrogen and oxygen atoms in total. The molecule has 0 spiro atoms. The summed E-state index contributed by atoms with van der Waals surface area (Å²) in [5, 5.41) is 2.89. The summed E-state index contributed by atoms with van der Waals surface area (Å²) in [4.78, 5) is 14.8. The van der Waals surface area contributed by atoms with Gasteiger partial charge in [0.15, 0.2) is 0 Å². The average Bonchev–Trinajstić information content (AvgIpc) is 3.29. The number of ether oxygens (including phenoxy) is 1. The van der Waals surface area contributed by atoms with Gasteiger partial charge < -0.3 is 15.0 Å². The summed E-state index contributed by atoms with van der Waals surface area (Å²) in [5.41, 5.74) is 1.55. The topological polar surface area (TPSA) is 87.7 Å². The molecule has 32 heavy (non-hydrogen) atoms. The molecular weight excluding hydrogens is 426 g/mol. The fourth-order valence-corrected chi connectivity index (χ4v) is 5.48. The lowest BCUT2D eigenvalue weighted by atomic mass is 10.2. The van der Waals surface area contributed by atoms with Crippen LogP contribution < -0.4 is 14.8 Å². The zero-order valence-corrected chi connectivity index (χ0v) is 19.7. The van der Waals surface area contributed by atoms with Gasteiger partial charge in [-0.05, 0) is 56.6 Å². The summed E-state index contributed by atoms with van der Waals surface area (Å²) >= 11 is 0. The Balaban J connectivity index is 1.55. The second-order valence-electron chi connectivity index (χ2n) is 8.30. The van der Waals surface area contributed by atoms with Crippen LogP contribution >= 0.6 is 0 Å². The lowest BCUT2D eigenvalue weighted by Gasteiger charge is -2.17. The highest BCUT2D eigenvalue weighted by Gasteiger charge is 2.26. The minimum absolute atomic E-state index is 0.00199. The number of hydrogen-bond donors (Lipinski definition) is 2. The van der Waals surface area contributed by atoms with Crippen molar-refractivity contribution in [2.45, 2.75) is 49.6 Å². The smallest absolute Gasteiger partial charge is 0.251 e. The fourth-order valence-electron chi connectivity index (χ4n) is 3.98. The molecule has 1 aliphatic carbocycles. The second kappa shape index (κ2) is 11.4. The van der Waals surface area contributed by atoms with E-state index in [1.165, 1.54) is 24.8 Å². The number of carbonyl (C=O) groups is 1. The number of amides is 1. The van der Waals surface area contributed by atoms with Gasteiger partial charge in [0.2, 0.25) is 10.0 Å². The van der Waals surface area contributed by atoms with E-state index in [4.69, 9.17) is 4.74 Å². The van der Waals surface area contributed by atoms with Gasteiger partial charge in [-0.15, -0.1) is 0 Å². The first-order chi connectivity index (χ1) is 15.4. The first kappa shape index (κ1) is 24.2. The largest absolute Gasteiger partial charge is 0.495 e. The van der Waals surface area contributed by atoms with E-state index in [-0.39, 0.29) is 22.6 Å². The molecular formula is C24H33N3O4S. The number of rotatable bonds is 11. The van der Waals surface area contributed by atoms with Crippen LogP contribution in [-0.4, -0.2) is 52.5 Å². The quantitative estimate of drug-likeness (QED) is 0.504. The van der Waals surface area contributed by atoms with Crippen molar-refractivity contribution in [3.8, 4) is 5.75 Å². The van der Waals surface area contributed by atoms with E-state index in [9.17, 15) is 13.2 Å². The number of nitrogens with zero attached hydrogens (tertiary/aromatic N) is 1. The fraction of sp³-hybridized carbons (Fsp3) is 0.458. The Bertz CT molecular complexity index is 990. The standard InChI is InChI=1S/C24H33N3O4S/c1-27(18-19-9-4-3-5-10-19)16-8-15-25-24(28)20-13-14-22(31-2)23(17-20)32(29,30)26-21-11-6-7-12-21/h3-5,9-10,13-14,17,21,26H,6-8,11-12,15-16,18H2,1-2H3,(H,25,28). The van der Waals surface area contributed by atoms with E-state index in [0.29, 0.717) is 12.1 Å². The SMILES string of the molecule is COc1ccc(C(=O)NCCCN(C)Cc2ccccc2)cc1S(=O)(=O)NC1CCCC1. The highest BCUT2D eigenvalue weighted by atomic mass is 32.2. The minimum Gasteiger partial charge on any atom is -0.495 e. The summed E-state index contributed by atoms with van der Waals surface area (Å²) in [5.74, 6) is -0.0646. The monoisotopic (exact) mass is 459 g/mol. The van der Waals surface area contributed by atoms with Crippen LogP contribution in [0.1, 0.15) is 48.0 Å². The molecule has 2 aromatic rings. The Labute approximate surface area is 191 Å². The normalized spacial score (nSPS) is 14.6. The van der Waals surface area contributed by atoms with Gasteiger partial charge in [0.05, 0.1) is 7.11 Å². The summed E-state index contributed by atoms with van der Waals surface area (Å²) in [6, 6.07) is 14.7. The van der Waals surface area contributed by atoms with Crippen molar-refractivity contribution in [1.82, 2.24) is 14.9 Å². The van der Waals surface area contributed by atoms with Gasteiger partial charge >= 0.3 is 0 Å². The Kier molecular flexibility index (Phi) is 8.67. The predicted molar refractivity (Wildman–Crippen MR) is 125 cm³/mol. The van der Waals surface area contributed by atoms with Gasteiger partial charge in [0.1, 0.15) is 10.6 Å². The Morgan fingerprint density at radius 1 is 1.12 bits per heavy atom. The lowest BCUT2D eigenvalue weighted by molar-refractivity contribution is 0.0951. The third kappa shape index (κ3) is 6.79. The number of methoxy groups -OCH3 is 1. The molecule has 1 aliphatic rings. The van der Waals surface area contributed by atoms with Crippen molar-refractivity contribution in [3.63, 3.8) is 0 Å². The average molecular weight is 460 g/mol. The third-order valence-electron chi connectivity index (χ3n) is 5.69. The van der Waals surface area contributed by atoms with Crippen molar-refractivity contribution in [2.75, 3.05) is 27.2 Å². The van der Waals surface area contributed by atoms with Crippen molar-refractivity contribution in [1.29, 1.82) is 0 Å². The zero-order valence-electron chi connectivity index (χ0n) is 18.8. The lowest BCUT2D eigenvalue weighted by Crippen LogP contribution is -2.33. The van der Waals surface area contributed by atoms with Gasteiger partial charge in [-0.2, -0.15) is 0 Å². The molecule has 0 aromatic heterocycles. The Morgan fingerprint density at radius 2 is 1.84 bits per heavy atom. The maximum absolute atomic E-state index is 12.9. The van der Waals surface area contributed by atoms with Gasteiger partial charge in [-0.3, -0.25) is 4.79 Å². The van der Waals surface area contributed by atoms with E-state index >= 15 is 0 Å². The van der Waals surface area contributed by atoms with Crippen LogP contribution in [0.3, 0.4) is 0 Å². The third-order valence-corrected chi connectivity index (χ3v) is 7.23. The van der Waals surface area contributed by atoms with Gasteiger partial charge in [-0.25, -0.2) is 13.1 Å². The molecule has 2 N–H and O–H groups in total. The maximum Gasteiger partial charge on any atom is 0.251 e. The van der Waals surface area contributed by atoms with Crippen molar-refractivity contribution >= 4 is 15.9 Å². The first-order valence-corrected chi connectivity index (χ1v) is 12.6. The van der Waals surface area contributed by atoms with E-state index < -0.39 is 10.0 Å². The molecule has 0 radical (unpaired) electrons. The van der Waals surface area contributed by atoms with Gasteiger partial charge in [0.25, 0.3) is 5.91 Å². The number of sulfonamides is 1. The van der Waals surface area contributed by atoms with Crippen LogP contribution in [0.2, 0.25) is 0 Å². The summed E-state index contributed by atoms with van der Waals surface area (Å²) in [6.07, 6.45) is 4.50. The minimum atomic E-state index is -3.77. The molecule has 0 heterocycles. The zero-order chi connectivity index (χ0) is 23.0. The molecule has 0 unspecified atom stereocenters. The molecule has 0 saturated heterocycles. The summed E-state index contributed by atoms with van der Waals surface area (Å²) in [7, 11) is -0.296. The molecule has 0 aliphatic heterocycles. The molecule has 3 rings (SSSR count). The van der Waals surface area contributed by atoms with Gasteiger partial charge in [0, 0.05) is 24.7 Å². The van der Waals surface area contributed by atoms with Crippen LogP contribution in [0, 0.1) is 0 Å². The van der Waals surface area contributed by atoms with Crippen LogP contribution in [0.5, 0.6) is 5.75 Å². The Morgan fingerprint density at radius 3 is 2.53 bits per heavy atom. The molecule has 0 bridgehead atoms. The van der Waals surface area contributed by atoms with E-state index in [2.05, 4.69) is 27.1 Å². The van der Waals surface area contributed by atoms with E-state index in [1.54, 1.807) is 6.07 Å². The highest BCUT2D eigenvalue weighted by Crippen LogP contribution is 2.27. The molecule has 1 saturated carbocycles. The molecule has 174 valence electrons. The summed E-state index contributed by atoms with van der Waals surface area (Å²) in [6.45, 7) is 2.19. The highest BCUT2D eigenvalue weighted by molar-refractivity contribution is 7.89. The van der Waals surface area contributed by atoms with Crippen LogP contribution in [-0.2, 0) is 16.6 Å². The van der Waals surface area contributed by atoms with Crippen molar-refractivity contribution in [3.05, 3.63) is 59.7 Å². The van der Waals surface area contributed by atoms with Crippen molar-refractivity contribution in [2.24, 2.45) is 0 Å². The maximum atomic E-state index is 12.9. The van der Waals surface area contributed by atoms with Crippen molar-refractivity contribution < 1.29 is 17.9 Å². The van der Waals surface area contributed by atoms with Crippen LogP contribution in [0.4, 0.5) is 0 Å². The molecule has 2 aromatic carbocycles. The molecule has 1 fully saturated rings. The van der Waals surface area contributed by atoms with Crippen LogP contribution in [0.15, 0.2) is 53.4 Å². The predicted octanol–water partition coefficient (Wildman–Crippen LogP) is 3.17.